The fourth-order valence-corrected chi connectivity index (χ4v) is 5.74. The van der Waals surface area contributed by atoms with E-state index in [0.29, 0.717) is 6.42 Å². The minimum absolute atomic E-state index is 0.0203. The van der Waals surface area contributed by atoms with E-state index in [2.05, 4.69) is 15.5 Å². The maximum Gasteiger partial charge on any atom is 0.407 e. The van der Waals surface area contributed by atoms with Gasteiger partial charge in [0.15, 0.2) is 17.3 Å². The molecule has 4 rings (SSSR count). The van der Waals surface area contributed by atoms with Crippen molar-refractivity contribution in [1.29, 1.82) is 0 Å². The molecule has 1 aromatic heterocycles. The van der Waals surface area contributed by atoms with Crippen LogP contribution in [0.3, 0.4) is 0 Å². The number of aromatic hydroxyl groups is 1. The number of ketones is 3. The van der Waals surface area contributed by atoms with E-state index in [-0.39, 0.29) is 63.2 Å². The average molecular weight is 669 g/mol. The third-order valence-electron chi connectivity index (χ3n) is 7.59. The van der Waals surface area contributed by atoms with Gasteiger partial charge in [0.25, 0.3) is 0 Å². The van der Waals surface area contributed by atoms with Gasteiger partial charge in [-0.25, -0.2) is 0 Å². The summed E-state index contributed by atoms with van der Waals surface area (Å²) in [6, 6.07) is 4.27. The summed E-state index contributed by atoms with van der Waals surface area (Å²) in [4.78, 5) is 39.8. The summed E-state index contributed by atoms with van der Waals surface area (Å²) < 4.78 is 49.4. The number of hydrogen-bond donors (Lipinski definition) is 2. The lowest BCUT2D eigenvalue weighted by Gasteiger charge is -2.28. The Bertz CT molecular complexity index is 1530. The molecule has 0 saturated heterocycles. The van der Waals surface area contributed by atoms with Crippen LogP contribution in [0.2, 0.25) is 10.0 Å². The molecular formula is C32H34Cl2F3N3O5. The molecule has 0 radical (unpaired) electrons. The lowest BCUT2D eigenvalue weighted by molar-refractivity contribution is -0.160. The Kier molecular flexibility index (Phi) is 11.1. The number of aromatic nitrogens is 2. The smallest absolute Gasteiger partial charge is 0.407 e. The number of nitrogens with one attached hydrogen (secondary N) is 1. The van der Waals surface area contributed by atoms with Gasteiger partial charge < -0.3 is 9.52 Å². The van der Waals surface area contributed by atoms with Crippen LogP contribution >= 0.6 is 23.2 Å². The maximum atomic E-state index is 14.7. The molecule has 45 heavy (non-hydrogen) atoms. The molecule has 1 saturated carbocycles. The summed E-state index contributed by atoms with van der Waals surface area (Å²) in [5.41, 5.74) is 0.321. The van der Waals surface area contributed by atoms with Crippen molar-refractivity contribution >= 4 is 40.6 Å². The summed E-state index contributed by atoms with van der Waals surface area (Å²) in [7, 11) is 0. The molecule has 0 bridgehead atoms. The topological polar surface area (TPSA) is 122 Å². The van der Waals surface area contributed by atoms with E-state index in [1.807, 2.05) is 0 Å². The molecule has 0 aliphatic heterocycles. The predicted octanol–water partition coefficient (Wildman–Crippen LogP) is 7.42. The standard InChI is InChI=1S/C32H34Cl2F3N3O5/c1-16(2)9-27(42)28(43)22(10-18-7-8-18)15-26(41)25(13-19-11-23(33)29(44)24(34)12-19)38-30(32(35,36)37)20-5-4-6-21(14-20)31-40-39-17(3)45-31/h4-6,11-12,14,16,18,22,25,30,38,44H,7-10,13,15H2,1-3H3/t22-,25+,30+/m1/s1. The molecule has 242 valence electrons. The zero-order valence-corrected chi connectivity index (χ0v) is 26.5. The number of rotatable bonds is 15. The fraction of sp³-hybridized carbons (Fsp3) is 0.469. The second-order valence-corrected chi connectivity index (χ2v) is 12.8. The zero-order chi connectivity index (χ0) is 33.1. The monoisotopic (exact) mass is 667 g/mol. The summed E-state index contributed by atoms with van der Waals surface area (Å²) in [5.74, 6) is -2.91. The lowest BCUT2D eigenvalue weighted by Crippen LogP contribution is -2.46. The number of nitrogens with zero attached hydrogens (tertiary/aromatic N) is 2. The van der Waals surface area contributed by atoms with Gasteiger partial charge in [-0.05, 0) is 60.1 Å². The van der Waals surface area contributed by atoms with Gasteiger partial charge >= 0.3 is 6.18 Å². The number of phenolic OH excluding ortho intramolecular Hbond substituents is 1. The predicted molar refractivity (Wildman–Crippen MR) is 162 cm³/mol. The lowest BCUT2D eigenvalue weighted by atomic mass is 9.85. The van der Waals surface area contributed by atoms with Gasteiger partial charge in [0.05, 0.1) is 16.1 Å². The molecule has 2 aromatic carbocycles. The van der Waals surface area contributed by atoms with E-state index < -0.39 is 53.7 Å². The summed E-state index contributed by atoms with van der Waals surface area (Å²) in [6.07, 6.45) is -3.52. The van der Waals surface area contributed by atoms with Crippen LogP contribution in [0.4, 0.5) is 13.2 Å². The molecule has 13 heteroatoms. The van der Waals surface area contributed by atoms with Crippen molar-refractivity contribution in [3.05, 3.63) is 63.5 Å². The van der Waals surface area contributed by atoms with Crippen molar-refractivity contribution in [3.63, 3.8) is 0 Å². The Balaban J connectivity index is 1.69. The van der Waals surface area contributed by atoms with Gasteiger partial charge in [0.1, 0.15) is 6.04 Å². The molecule has 2 N–H and O–H groups in total. The van der Waals surface area contributed by atoms with Gasteiger partial charge in [0, 0.05) is 31.2 Å². The van der Waals surface area contributed by atoms with Crippen LogP contribution < -0.4 is 5.32 Å². The van der Waals surface area contributed by atoms with Crippen molar-refractivity contribution in [1.82, 2.24) is 15.5 Å². The number of hydrogen-bond acceptors (Lipinski definition) is 8. The summed E-state index contributed by atoms with van der Waals surface area (Å²) >= 11 is 12.2. The molecule has 1 fully saturated rings. The van der Waals surface area contributed by atoms with Crippen LogP contribution in [0, 0.1) is 24.7 Å². The SMILES string of the molecule is Cc1nnc(-c2cccc([C@H](N[C@@H](Cc3cc(Cl)c(O)c(Cl)c3)C(=O)C[C@@H](CC3CC3)C(=O)C(=O)CC(C)C)C(F)(F)F)c2)o1. The second kappa shape index (κ2) is 14.4. The maximum absolute atomic E-state index is 14.7. The molecule has 3 aromatic rings. The highest BCUT2D eigenvalue weighted by Gasteiger charge is 2.44. The largest absolute Gasteiger partial charge is 0.505 e. The number of alkyl halides is 3. The molecule has 0 unspecified atom stereocenters. The van der Waals surface area contributed by atoms with E-state index in [0.717, 1.165) is 12.8 Å². The van der Waals surface area contributed by atoms with Gasteiger partial charge in [-0.3, -0.25) is 19.7 Å². The number of benzene rings is 2. The minimum atomic E-state index is -4.86. The molecule has 3 atom stereocenters. The van der Waals surface area contributed by atoms with Crippen molar-refractivity contribution in [2.24, 2.45) is 17.8 Å². The Morgan fingerprint density at radius 3 is 2.29 bits per heavy atom. The highest BCUT2D eigenvalue weighted by molar-refractivity contribution is 6.38. The van der Waals surface area contributed by atoms with Crippen LogP contribution in [-0.2, 0) is 20.8 Å². The van der Waals surface area contributed by atoms with Crippen molar-refractivity contribution in [3.8, 4) is 17.2 Å². The number of carbonyl (C=O) groups is 3. The Morgan fingerprint density at radius 2 is 1.73 bits per heavy atom. The quantitative estimate of drug-likeness (QED) is 0.161. The van der Waals surface area contributed by atoms with Gasteiger partial charge in [-0.2, -0.15) is 13.2 Å². The van der Waals surface area contributed by atoms with E-state index in [1.165, 1.54) is 36.4 Å². The Hall–Kier alpha value is -3.28. The first kappa shape index (κ1) is 34.6. The fourth-order valence-electron chi connectivity index (χ4n) is 5.21. The number of carbonyl (C=O) groups excluding carboxylic acids is 3. The molecule has 1 aliphatic rings. The molecule has 8 nitrogen and oxygen atoms in total. The first-order valence-electron chi connectivity index (χ1n) is 14.6. The van der Waals surface area contributed by atoms with Crippen molar-refractivity contribution < 1.29 is 37.1 Å². The average Bonchev–Trinajstić information content (AvgIpc) is 3.67. The number of phenols is 1. The van der Waals surface area contributed by atoms with E-state index in [1.54, 1.807) is 20.8 Å². The van der Waals surface area contributed by atoms with E-state index >= 15 is 0 Å². The van der Waals surface area contributed by atoms with Crippen LogP contribution in [-0.4, -0.2) is 44.9 Å². The minimum Gasteiger partial charge on any atom is -0.505 e. The Labute approximate surface area is 268 Å². The third-order valence-corrected chi connectivity index (χ3v) is 8.17. The number of halogens is 5. The highest BCUT2D eigenvalue weighted by atomic mass is 35.5. The van der Waals surface area contributed by atoms with Crippen LogP contribution in [0.25, 0.3) is 11.5 Å². The second-order valence-electron chi connectivity index (χ2n) is 12.0. The van der Waals surface area contributed by atoms with Gasteiger partial charge in [0.2, 0.25) is 17.6 Å². The molecule has 1 heterocycles. The van der Waals surface area contributed by atoms with Crippen molar-refractivity contribution in [2.45, 2.75) is 77.6 Å². The molecule has 1 aliphatic carbocycles. The van der Waals surface area contributed by atoms with Crippen molar-refractivity contribution in [2.75, 3.05) is 0 Å². The number of aryl methyl sites for hydroxylation is 1. The zero-order valence-electron chi connectivity index (χ0n) is 25.0. The molecule has 0 amide bonds. The van der Waals surface area contributed by atoms with Crippen LogP contribution in [0.1, 0.15) is 69.0 Å². The molecular weight excluding hydrogens is 634 g/mol. The Morgan fingerprint density at radius 1 is 1.07 bits per heavy atom. The summed E-state index contributed by atoms with van der Waals surface area (Å²) in [5, 5.41) is 19.8. The van der Waals surface area contributed by atoms with E-state index in [9.17, 15) is 32.7 Å². The van der Waals surface area contributed by atoms with Crippen LogP contribution in [0.5, 0.6) is 5.75 Å². The van der Waals surface area contributed by atoms with Gasteiger partial charge in [-0.1, -0.05) is 62.0 Å². The first-order valence-corrected chi connectivity index (χ1v) is 15.4. The van der Waals surface area contributed by atoms with Gasteiger partial charge in [-0.15, -0.1) is 10.2 Å². The third kappa shape index (κ3) is 9.37. The highest BCUT2D eigenvalue weighted by Crippen LogP contribution is 2.39. The summed E-state index contributed by atoms with van der Waals surface area (Å²) in [6.45, 7) is 5.15. The van der Waals surface area contributed by atoms with E-state index in [4.69, 9.17) is 27.6 Å². The normalized spacial score (nSPS) is 15.6. The first-order chi connectivity index (χ1) is 21.1. The van der Waals surface area contributed by atoms with Crippen LogP contribution in [0.15, 0.2) is 40.8 Å². The number of Topliss-reactive ketones (excluding diaryl/α,β-unsaturated/α-hetero) is 3. The molecule has 0 spiro atoms.